The Morgan fingerprint density at radius 2 is 2.04 bits per heavy atom. The Balaban J connectivity index is 1.65. The van der Waals surface area contributed by atoms with Crippen molar-refractivity contribution in [2.75, 3.05) is 42.8 Å². The van der Waals surface area contributed by atoms with E-state index in [1.54, 1.807) is 7.11 Å². The summed E-state index contributed by atoms with van der Waals surface area (Å²) in [6.07, 6.45) is 0. The molecule has 0 bridgehead atoms. The molecule has 1 aromatic heterocycles. The van der Waals surface area contributed by atoms with Crippen LogP contribution >= 0.6 is 23.1 Å². The van der Waals surface area contributed by atoms with E-state index >= 15 is 0 Å². The molecule has 1 heterocycles. The summed E-state index contributed by atoms with van der Waals surface area (Å²) < 4.78 is 5.77. The van der Waals surface area contributed by atoms with E-state index in [0.29, 0.717) is 25.4 Å². The number of thioether (sulfide) groups is 1. The Morgan fingerprint density at radius 1 is 1.22 bits per heavy atom. The summed E-state index contributed by atoms with van der Waals surface area (Å²) >= 11 is 2.86. The van der Waals surface area contributed by atoms with Crippen molar-refractivity contribution in [1.82, 2.24) is 10.2 Å². The second kappa shape index (κ2) is 9.68. The predicted octanol–water partition coefficient (Wildman–Crippen LogP) is 3.89. The van der Waals surface area contributed by atoms with E-state index < -0.39 is 0 Å². The molecule has 142 valence electrons. The number of carbonyl (C=O) groups is 1. The van der Waals surface area contributed by atoms with Crippen LogP contribution in [0.4, 0.5) is 10.8 Å². The topological polar surface area (TPSA) is 67.4 Å². The number of methoxy groups -OCH3 is 1. The van der Waals surface area contributed by atoms with E-state index in [-0.39, 0.29) is 5.91 Å². The molecule has 0 aliphatic rings. The number of hydrogen-bond acceptors (Lipinski definition) is 7. The molecule has 0 fully saturated rings. The fourth-order valence-electron chi connectivity index (χ4n) is 2.73. The van der Waals surface area contributed by atoms with Crippen molar-refractivity contribution in [3.8, 4) is 0 Å². The summed E-state index contributed by atoms with van der Waals surface area (Å²) in [5.74, 6) is 0.381. The highest BCUT2D eigenvalue weighted by Crippen LogP contribution is 2.29. The molecule has 0 aliphatic heterocycles. The maximum Gasteiger partial charge on any atom is 0.237 e. The lowest BCUT2D eigenvalue weighted by Crippen LogP contribution is -2.32. The molecule has 3 rings (SSSR count). The quantitative estimate of drug-likeness (QED) is 0.433. The summed E-state index contributed by atoms with van der Waals surface area (Å²) in [5.41, 5.74) is 0.945. The summed E-state index contributed by atoms with van der Waals surface area (Å²) in [7, 11) is 1.66. The van der Waals surface area contributed by atoms with Gasteiger partial charge in [0.2, 0.25) is 11.0 Å². The van der Waals surface area contributed by atoms with Crippen LogP contribution in [-0.4, -0.2) is 48.7 Å². The first-order valence-electron chi connectivity index (χ1n) is 8.70. The standard InChI is InChI=1S/C19H22N4O2S2/c1-3-23(16-10-6-8-14-7-4-5-9-15(14)16)17(24)13-26-19-22-21-18(27-19)20-11-12-25-2/h4-10H,3,11-13H2,1-2H3,(H,20,21). The zero-order chi connectivity index (χ0) is 19.1. The van der Waals surface area contributed by atoms with Crippen molar-refractivity contribution in [3.05, 3.63) is 42.5 Å². The van der Waals surface area contributed by atoms with Crippen LogP contribution in [-0.2, 0) is 9.53 Å². The number of amides is 1. The monoisotopic (exact) mass is 402 g/mol. The number of rotatable bonds is 9. The van der Waals surface area contributed by atoms with E-state index in [4.69, 9.17) is 4.74 Å². The molecule has 0 atom stereocenters. The van der Waals surface area contributed by atoms with Gasteiger partial charge in [-0.2, -0.15) is 0 Å². The van der Waals surface area contributed by atoms with Gasteiger partial charge in [-0.15, -0.1) is 10.2 Å². The van der Waals surface area contributed by atoms with Gasteiger partial charge in [0.1, 0.15) is 0 Å². The van der Waals surface area contributed by atoms with Crippen LogP contribution in [0.25, 0.3) is 10.8 Å². The molecule has 0 spiro atoms. The molecule has 2 aromatic carbocycles. The van der Waals surface area contributed by atoms with E-state index in [1.807, 2.05) is 36.1 Å². The molecular weight excluding hydrogens is 380 g/mol. The van der Waals surface area contributed by atoms with Gasteiger partial charge in [0.05, 0.1) is 18.0 Å². The maximum absolute atomic E-state index is 12.8. The van der Waals surface area contributed by atoms with Crippen LogP contribution in [0, 0.1) is 0 Å². The van der Waals surface area contributed by atoms with Crippen molar-refractivity contribution in [3.63, 3.8) is 0 Å². The van der Waals surface area contributed by atoms with Crippen LogP contribution in [0.5, 0.6) is 0 Å². The SMILES string of the molecule is CCN(C(=O)CSc1nnc(NCCOC)s1)c1cccc2ccccc12. The van der Waals surface area contributed by atoms with Crippen LogP contribution in [0.1, 0.15) is 6.92 Å². The van der Waals surface area contributed by atoms with E-state index in [2.05, 4.69) is 33.7 Å². The fourth-order valence-corrected chi connectivity index (χ4v) is 4.38. The van der Waals surface area contributed by atoms with E-state index in [0.717, 1.165) is 25.9 Å². The summed E-state index contributed by atoms with van der Waals surface area (Å²) in [4.78, 5) is 14.7. The number of ether oxygens (including phenoxy) is 1. The van der Waals surface area contributed by atoms with Gasteiger partial charge in [0.25, 0.3) is 0 Å². The average Bonchev–Trinajstić information content (AvgIpc) is 3.15. The van der Waals surface area contributed by atoms with E-state index in [1.165, 1.54) is 23.1 Å². The predicted molar refractivity (Wildman–Crippen MR) is 113 cm³/mol. The Labute approximate surface area is 166 Å². The minimum Gasteiger partial charge on any atom is -0.383 e. The molecule has 0 unspecified atom stereocenters. The minimum atomic E-state index is 0.0583. The Kier molecular flexibility index (Phi) is 7.03. The van der Waals surface area contributed by atoms with Crippen LogP contribution < -0.4 is 10.2 Å². The summed E-state index contributed by atoms with van der Waals surface area (Å²) in [6.45, 7) is 3.90. The lowest BCUT2D eigenvalue weighted by molar-refractivity contribution is -0.116. The Morgan fingerprint density at radius 3 is 2.85 bits per heavy atom. The molecule has 0 saturated carbocycles. The third-order valence-electron chi connectivity index (χ3n) is 3.98. The van der Waals surface area contributed by atoms with Crippen molar-refractivity contribution in [2.45, 2.75) is 11.3 Å². The number of nitrogens with one attached hydrogen (secondary N) is 1. The molecule has 3 aromatic rings. The van der Waals surface area contributed by atoms with Crippen molar-refractivity contribution in [1.29, 1.82) is 0 Å². The van der Waals surface area contributed by atoms with Gasteiger partial charge in [-0.3, -0.25) is 4.79 Å². The van der Waals surface area contributed by atoms with Gasteiger partial charge in [-0.05, 0) is 18.4 Å². The number of benzene rings is 2. The van der Waals surface area contributed by atoms with Crippen LogP contribution in [0.3, 0.4) is 0 Å². The molecule has 0 saturated heterocycles. The molecule has 8 heteroatoms. The van der Waals surface area contributed by atoms with Crippen LogP contribution in [0.15, 0.2) is 46.8 Å². The maximum atomic E-state index is 12.8. The lowest BCUT2D eigenvalue weighted by Gasteiger charge is -2.22. The molecular formula is C19H22N4O2S2. The summed E-state index contributed by atoms with van der Waals surface area (Å²) in [6, 6.07) is 14.2. The highest BCUT2D eigenvalue weighted by atomic mass is 32.2. The second-order valence-electron chi connectivity index (χ2n) is 5.72. The molecule has 1 N–H and O–H groups in total. The van der Waals surface area contributed by atoms with Crippen molar-refractivity contribution in [2.24, 2.45) is 0 Å². The van der Waals surface area contributed by atoms with Gasteiger partial charge >= 0.3 is 0 Å². The van der Waals surface area contributed by atoms with Gasteiger partial charge in [0, 0.05) is 25.6 Å². The van der Waals surface area contributed by atoms with E-state index in [9.17, 15) is 4.79 Å². The minimum absolute atomic E-state index is 0.0583. The van der Waals surface area contributed by atoms with Gasteiger partial charge in [0.15, 0.2) is 4.34 Å². The number of fused-ring (bicyclic) bond motifs is 1. The average molecular weight is 403 g/mol. The number of hydrogen-bond donors (Lipinski definition) is 1. The number of anilines is 2. The van der Waals surface area contributed by atoms with Gasteiger partial charge < -0.3 is 15.0 Å². The first-order chi connectivity index (χ1) is 13.2. The van der Waals surface area contributed by atoms with Crippen molar-refractivity contribution >= 4 is 50.6 Å². The Bertz CT molecular complexity index is 895. The molecule has 0 aliphatic carbocycles. The highest BCUT2D eigenvalue weighted by Gasteiger charge is 2.17. The molecule has 1 amide bonds. The number of carbonyl (C=O) groups excluding carboxylic acids is 1. The second-order valence-corrected chi connectivity index (χ2v) is 7.92. The largest absolute Gasteiger partial charge is 0.383 e. The molecule has 27 heavy (non-hydrogen) atoms. The highest BCUT2D eigenvalue weighted by molar-refractivity contribution is 8.01. The van der Waals surface area contributed by atoms with Crippen molar-refractivity contribution < 1.29 is 9.53 Å². The smallest absolute Gasteiger partial charge is 0.237 e. The zero-order valence-corrected chi connectivity index (χ0v) is 17.0. The number of nitrogens with zero attached hydrogens (tertiary/aromatic N) is 3. The first kappa shape index (κ1) is 19.6. The normalized spacial score (nSPS) is 10.9. The van der Waals surface area contributed by atoms with Gasteiger partial charge in [-0.25, -0.2) is 0 Å². The summed E-state index contributed by atoms with van der Waals surface area (Å²) in [5, 5.41) is 14.3. The fraction of sp³-hybridized carbons (Fsp3) is 0.316. The Hall–Kier alpha value is -2.16. The lowest BCUT2D eigenvalue weighted by atomic mass is 10.1. The third kappa shape index (κ3) is 4.97. The van der Waals surface area contributed by atoms with Gasteiger partial charge in [-0.1, -0.05) is 59.5 Å². The van der Waals surface area contributed by atoms with Crippen LogP contribution in [0.2, 0.25) is 0 Å². The number of aromatic nitrogens is 2. The third-order valence-corrected chi connectivity index (χ3v) is 5.98. The zero-order valence-electron chi connectivity index (χ0n) is 15.3. The molecule has 6 nitrogen and oxygen atoms in total. The first-order valence-corrected chi connectivity index (χ1v) is 10.5. The molecule has 0 radical (unpaired) electrons.